The number of aromatic nitrogens is 2. The Bertz CT molecular complexity index is 1160. The van der Waals surface area contributed by atoms with E-state index in [0.29, 0.717) is 30.1 Å². The van der Waals surface area contributed by atoms with Crippen LogP contribution in [0.4, 0.5) is 5.69 Å². The lowest BCUT2D eigenvalue weighted by Gasteiger charge is -2.35. The smallest absolute Gasteiger partial charge is 0.278 e. The fourth-order valence-electron chi connectivity index (χ4n) is 4.78. The van der Waals surface area contributed by atoms with E-state index >= 15 is 0 Å². The van der Waals surface area contributed by atoms with Crippen molar-refractivity contribution >= 4 is 17.5 Å². The zero-order valence-electron chi connectivity index (χ0n) is 18.1. The predicted octanol–water partition coefficient (Wildman–Crippen LogP) is 3.99. The molecule has 32 heavy (non-hydrogen) atoms. The maximum atomic E-state index is 13.4. The number of methoxy groups -OCH3 is 1. The van der Waals surface area contributed by atoms with Gasteiger partial charge in [-0.15, -0.1) is 0 Å². The summed E-state index contributed by atoms with van der Waals surface area (Å²) in [6.45, 7) is 1.31. The van der Waals surface area contributed by atoms with Crippen molar-refractivity contribution in [2.45, 2.75) is 31.7 Å². The van der Waals surface area contributed by atoms with Gasteiger partial charge in [0.1, 0.15) is 5.75 Å². The first kappa shape index (κ1) is 20.3. The average Bonchev–Trinajstić information content (AvgIpc) is 3.51. The highest BCUT2D eigenvalue weighted by atomic mass is 16.5. The van der Waals surface area contributed by atoms with Crippen molar-refractivity contribution in [1.82, 2.24) is 15.1 Å². The minimum atomic E-state index is -0.152. The number of H-pyrrole nitrogens is 1. The quantitative estimate of drug-likeness (QED) is 0.679. The highest BCUT2D eigenvalue weighted by molar-refractivity contribution is 6.06. The minimum Gasteiger partial charge on any atom is -0.496 e. The Morgan fingerprint density at radius 2 is 1.84 bits per heavy atom. The maximum Gasteiger partial charge on any atom is 0.278 e. The Morgan fingerprint density at radius 1 is 1.03 bits per heavy atom. The molecule has 1 atom stereocenters. The molecule has 7 nitrogen and oxygen atoms in total. The number of benzene rings is 2. The van der Waals surface area contributed by atoms with Gasteiger partial charge in [-0.2, -0.15) is 5.10 Å². The SMILES string of the molecule is COc1ccccc1C(=O)N1CCCCC1c1cc(C(=O)N2CCc3ccccc32)n[nH]1. The van der Waals surface area contributed by atoms with Crippen molar-refractivity contribution in [1.29, 1.82) is 0 Å². The van der Waals surface area contributed by atoms with Crippen molar-refractivity contribution in [2.75, 3.05) is 25.1 Å². The van der Waals surface area contributed by atoms with Crippen LogP contribution in [0.3, 0.4) is 0 Å². The second kappa shape index (κ2) is 8.49. The van der Waals surface area contributed by atoms with E-state index in [1.165, 1.54) is 5.56 Å². The molecule has 1 aromatic heterocycles. The van der Waals surface area contributed by atoms with Gasteiger partial charge in [-0.05, 0) is 55.5 Å². The van der Waals surface area contributed by atoms with E-state index in [2.05, 4.69) is 16.3 Å². The van der Waals surface area contributed by atoms with E-state index in [1.54, 1.807) is 24.1 Å². The van der Waals surface area contributed by atoms with Gasteiger partial charge in [0, 0.05) is 18.8 Å². The molecule has 0 spiro atoms. The van der Waals surface area contributed by atoms with Crippen molar-refractivity contribution in [3.05, 3.63) is 77.1 Å². The highest BCUT2D eigenvalue weighted by Crippen LogP contribution is 2.34. The maximum absolute atomic E-state index is 13.4. The Kier molecular flexibility index (Phi) is 5.39. The molecule has 2 aliphatic heterocycles. The number of anilines is 1. The molecule has 164 valence electrons. The second-order valence-electron chi connectivity index (χ2n) is 8.25. The summed E-state index contributed by atoms with van der Waals surface area (Å²) in [6, 6.07) is 16.9. The molecule has 2 amide bonds. The van der Waals surface area contributed by atoms with Gasteiger partial charge in [0.2, 0.25) is 0 Å². The Hall–Kier alpha value is -3.61. The number of hydrogen-bond donors (Lipinski definition) is 1. The zero-order valence-corrected chi connectivity index (χ0v) is 18.1. The largest absolute Gasteiger partial charge is 0.496 e. The Labute approximate surface area is 187 Å². The third-order valence-corrected chi connectivity index (χ3v) is 6.41. The van der Waals surface area contributed by atoms with Gasteiger partial charge in [-0.1, -0.05) is 30.3 Å². The molecular weight excluding hydrogens is 404 g/mol. The van der Waals surface area contributed by atoms with Crippen LogP contribution >= 0.6 is 0 Å². The van der Waals surface area contributed by atoms with E-state index in [0.717, 1.165) is 37.1 Å². The molecular formula is C25H26N4O3. The van der Waals surface area contributed by atoms with E-state index < -0.39 is 0 Å². The molecule has 7 heteroatoms. The molecule has 1 saturated heterocycles. The standard InChI is InChI=1S/C25H26N4O3/c1-32-23-12-5-3-9-18(23)24(30)28-14-7-6-11-22(28)19-16-20(27-26-19)25(31)29-15-13-17-8-2-4-10-21(17)29/h2-5,8-10,12,16,22H,6-7,11,13-15H2,1H3,(H,26,27). The monoisotopic (exact) mass is 430 g/mol. The number of fused-ring (bicyclic) bond motifs is 1. The first-order valence-corrected chi connectivity index (χ1v) is 11.1. The van der Waals surface area contributed by atoms with Gasteiger partial charge in [-0.25, -0.2) is 0 Å². The topological polar surface area (TPSA) is 78.5 Å². The van der Waals surface area contributed by atoms with Crippen molar-refractivity contribution in [2.24, 2.45) is 0 Å². The Balaban J connectivity index is 1.40. The normalized spacial score (nSPS) is 17.8. The molecule has 0 saturated carbocycles. The first-order chi connectivity index (χ1) is 15.7. The van der Waals surface area contributed by atoms with Crippen LogP contribution in [0.5, 0.6) is 5.75 Å². The summed E-state index contributed by atoms with van der Waals surface area (Å²) in [5.74, 6) is 0.383. The van der Waals surface area contributed by atoms with Gasteiger partial charge >= 0.3 is 0 Å². The summed E-state index contributed by atoms with van der Waals surface area (Å²) in [4.78, 5) is 30.2. The second-order valence-corrected chi connectivity index (χ2v) is 8.25. The molecule has 0 aliphatic carbocycles. The molecule has 1 N–H and O–H groups in total. The van der Waals surface area contributed by atoms with Gasteiger partial charge in [0.05, 0.1) is 24.4 Å². The summed E-state index contributed by atoms with van der Waals surface area (Å²) in [6.07, 6.45) is 3.64. The third-order valence-electron chi connectivity index (χ3n) is 6.41. The van der Waals surface area contributed by atoms with Gasteiger partial charge in [0.25, 0.3) is 11.8 Å². The number of para-hydroxylation sites is 2. The van der Waals surface area contributed by atoms with Crippen LogP contribution in [0.25, 0.3) is 0 Å². The number of nitrogens with zero attached hydrogens (tertiary/aromatic N) is 3. The van der Waals surface area contributed by atoms with Gasteiger partial charge < -0.3 is 14.5 Å². The summed E-state index contributed by atoms with van der Waals surface area (Å²) in [5, 5.41) is 7.38. The number of carbonyl (C=O) groups is 2. The van der Waals surface area contributed by atoms with E-state index in [1.807, 2.05) is 41.3 Å². The Morgan fingerprint density at radius 3 is 2.72 bits per heavy atom. The number of nitrogens with one attached hydrogen (secondary N) is 1. The van der Waals surface area contributed by atoms with Crippen molar-refractivity contribution in [3.8, 4) is 5.75 Å². The van der Waals surface area contributed by atoms with Gasteiger partial charge in [0.15, 0.2) is 5.69 Å². The number of aromatic amines is 1. The number of rotatable bonds is 4. The summed E-state index contributed by atoms with van der Waals surface area (Å²) in [5.41, 5.74) is 3.85. The fraction of sp³-hybridized carbons (Fsp3) is 0.320. The number of likely N-dealkylation sites (tertiary alicyclic amines) is 1. The molecule has 2 aliphatic rings. The van der Waals surface area contributed by atoms with E-state index in [-0.39, 0.29) is 17.9 Å². The number of amides is 2. The molecule has 0 radical (unpaired) electrons. The number of carbonyl (C=O) groups excluding carboxylic acids is 2. The van der Waals surface area contributed by atoms with Crippen molar-refractivity contribution < 1.29 is 14.3 Å². The minimum absolute atomic E-state index is 0.0666. The zero-order chi connectivity index (χ0) is 22.1. The lowest BCUT2D eigenvalue weighted by atomic mass is 9.97. The molecule has 1 fully saturated rings. The molecule has 0 bridgehead atoms. The van der Waals surface area contributed by atoms with Gasteiger partial charge in [-0.3, -0.25) is 14.7 Å². The number of hydrogen-bond acceptors (Lipinski definition) is 4. The van der Waals surface area contributed by atoms with Crippen LogP contribution < -0.4 is 9.64 Å². The lowest BCUT2D eigenvalue weighted by Crippen LogP contribution is -2.38. The third kappa shape index (κ3) is 3.53. The van der Waals surface area contributed by atoms with Crippen LogP contribution in [-0.4, -0.2) is 47.1 Å². The number of ether oxygens (including phenoxy) is 1. The van der Waals surface area contributed by atoms with Crippen LogP contribution in [0.1, 0.15) is 57.4 Å². The molecule has 1 unspecified atom stereocenters. The average molecular weight is 431 g/mol. The van der Waals surface area contributed by atoms with Crippen LogP contribution in [-0.2, 0) is 6.42 Å². The lowest BCUT2D eigenvalue weighted by molar-refractivity contribution is 0.0602. The van der Waals surface area contributed by atoms with Crippen LogP contribution in [0, 0.1) is 0 Å². The fourth-order valence-corrected chi connectivity index (χ4v) is 4.78. The molecule has 5 rings (SSSR count). The van der Waals surface area contributed by atoms with E-state index in [4.69, 9.17) is 4.74 Å². The molecule has 2 aromatic carbocycles. The number of piperidine rings is 1. The molecule has 3 heterocycles. The summed E-state index contributed by atoms with van der Waals surface area (Å²) >= 11 is 0. The highest BCUT2D eigenvalue weighted by Gasteiger charge is 2.33. The summed E-state index contributed by atoms with van der Waals surface area (Å²) in [7, 11) is 1.57. The molecule has 3 aromatic rings. The van der Waals surface area contributed by atoms with E-state index in [9.17, 15) is 9.59 Å². The first-order valence-electron chi connectivity index (χ1n) is 11.1. The van der Waals surface area contributed by atoms with Crippen LogP contribution in [0.15, 0.2) is 54.6 Å². The predicted molar refractivity (Wildman–Crippen MR) is 121 cm³/mol. The van der Waals surface area contributed by atoms with Crippen molar-refractivity contribution in [3.63, 3.8) is 0 Å². The summed E-state index contributed by atoms with van der Waals surface area (Å²) < 4.78 is 5.40. The van der Waals surface area contributed by atoms with Crippen LogP contribution in [0.2, 0.25) is 0 Å².